The van der Waals surface area contributed by atoms with Crippen molar-refractivity contribution < 1.29 is 4.65 Å². The third-order valence-electron chi connectivity index (χ3n) is 1.99. The van der Waals surface area contributed by atoms with Crippen LogP contribution in [0.25, 0.3) is 0 Å². The molecular formula is C12H18BO. The van der Waals surface area contributed by atoms with Gasteiger partial charge in [-0.15, -0.1) is 0 Å². The van der Waals surface area contributed by atoms with Gasteiger partial charge in [0, 0.05) is 6.61 Å². The van der Waals surface area contributed by atoms with Crippen LogP contribution in [-0.2, 0) is 4.65 Å². The number of hydrogen-bond donors (Lipinski definition) is 0. The fourth-order valence-electron chi connectivity index (χ4n) is 1.05. The molecule has 0 saturated heterocycles. The Hall–Kier alpha value is -0.755. The van der Waals surface area contributed by atoms with Gasteiger partial charge in [-0.2, -0.15) is 0 Å². The molecule has 1 radical (unpaired) electrons. The lowest BCUT2D eigenvalue weighted by Gasteiger charge is -2.17. The lowest BCUT2D eigenvalue weighted by molar-refractivity contribution is 0.254. The van der Waals surface area contributed by atoms with Crippen LogP contribution in [-0.4, -0.2) is 14.1 Å². The molecule has 75 valence electrons. The fourth-order valence-corrected chi connectivity index (χ4v) is 1.05. The van der Waals surface area contributed by atoms with E-state index in [1.54, 1.807) is 0 Å². The summed E-state index contributed by atoms with van der Waals surface area (Å²) in [7, 11) is 1.83. The average molecular weight is 189 g/mol. The van der Waals surface area contributed by atoms with Crippen LogP contribution < -0.4 is 5.46 Å². The van der Waals surface area contributed by atoms with Gasteiger partial charge in [-0.1, -0.05) is 56.6 Å². The topological polar surface area (TPSA) is 9.23 Å². The summed E-state index contributed by atoms with van der Waals surface area (Å²) in [5, 5.41) is 0. The van der Waals surface area contributed by atoms with Gasteiger partial charge in [-0.3, -0.25) is 0 Å². The molecule has 0 heterocycles. The van der Waals surface area contributed by atoms with Gasteiger partial charge in [-0.25, -0.2) is 0 Å². The van der Waals surface area contributed by atoms with Crippen molar-refractivity contribution in [1.29, 1.82) is 0 Å². The Morgan fingerprint density at radius 3 is 2.36 bits per heavy atom. The van der Waals surface area contributed by atoms with Gasteiger partial charge in [0.2, 0.25) is 0 Å². The molecule has 1 rings (SSSR count). The van der Waals surface area contributed by atoms with Crippen LogP contribution in [0.1, 0.15) is 27.2 Å². The third-order valence-corrected chi connectivity index (χ3v) is 1.99. The summed E-state index contributed by atoms with van der Waals surface area (Å²) in [6.07, 6.45) is 1.08. The summed E-state index contributed by atoms with van der Waals surface area (Å²) >= 11 is 0. The van der Waals surface area contributed by atoms with Gasteiger partial charge in [0.15, 0.2) is 0 Å². The maximum atomic E-state index is 5.47. The molecule has 0 aliphatic rings. The van der Waals surface area contributed by atoms with E-state index in [4.69, 9.17) is 4.65 Å². The number of hydrogen-bond acceptors (Lipinski definition) is 1. The Morgan fingerprint density at radius 2 is 1.79 bits per heavy atom. The van der Waals surface area contributed by atoms with E-state index in [0.717, 1.165) is 18.5 Å². The highest BCUT2D eigenvalue weighted by Gasteiger charge is 2.09. The fraction of sp³-hybridized carbons (Fsp3) is 0.500. The number of rotatable bonds is 4. The van der Waals surface area contributed by atoms with E-state index >= 15 is 0 Å². The van der Waals surface area contributed by atoms with Gasteiger partial charge in [0.1, 0.15) is 0 Å². The predicted molar refractivity (Wildman–Crippen MR) is 61.9 cm³/mol. The highest BCUT2D eigenvalue weighted by atomic mass is 16.4. The Morgan fingerprint density at radius 1 is 1.14 bits per heavy atom. The largest absolute Gasteiger partial charge is 0.434 e. The zero-order valence-electron chi connectivity index (χ0n) is 9.29. The summed E-state index contributed by atoms with van der Waals surface area (Å²) in [4.78, 5) is 0. The summed E-state index contributed by atoms with van der Waals surface area (Å²) in [6, 6.07) is 10.1. The molecule has 2 heteroatoms. The van der Waals surface area contributed by atoms with Crippen molar-refractivity contribution in [2.45, 2.75) is 27.2 Å². The van der Waals surface area contributed by atoms with E-state index < -0.39 is 0 Å². The predicted octanol–water partition coefficient (Wildman–Crippen LogP) is 2.38. The van der Waals surface area contributed by atoms with Crippen molar-refractivity contribution in [3.8, 4) is 0 Å². The second-order valence-electron chi connectivity index (χ2n) is 4.71. The maximum Gasteiger partial charge on any atom is 0.329 e. The van der Waals surface area contributed by atoms with E-state index in [-0.39, 0.29) is 0 Å². The Bertz CT molecular complexity index is 251. The van der Waals surface area contributed by atoms with E-state index in [1.807, 2.05) is 37.8 Å². The average Bonchev–Trinajstić information content (AvgIpc) is 2.13. The van der Waals surface area contributed by atoms with Crippen molar-refractivity contribution in [3.05, 3.63) is 30.3 Å². The van der Waals surface area contributed by atoms with Crippen LogP contribution >= 0.6 is 0 Å². The van der Waals surface area contributed by atoms with Crippen LogP contribution in [0.2, 0.25) is 0 Å². The molecule has 0 saturated carbocycles. The first-order valence-electron chi connectivity index (χ1n) is 5.08. The molecule has 0 aliphatic heterocycles. The maximum absolute atomic E-state index is 5.47. The molecule has 0 N–H and O–H groups in total. The van der Waals surface area contributed by atoms with Crippen molar-refractivity contribution in [2.24, 2.45) is 5.41 Å². The van der Waals surface area contributed by atoms with E-state index in [2.05, 4.69) is 20.8 Å². The van der Waals surface area contributed by atoms with Gasteiger partial charge in [0.25, 0.3) is 0 Å². The van der Waals surface area contributed by atoms with Gasteiger partial charge in [-0.05, 0) is 11.8 Å². The standard InChI is InChI=1S/C12H18BO/c1-12(2,3)9-10-14-13-11-7-5-4-6-8-11/h4-8H,9-10H2,1-3H3. The highest BCUT2D eigenvalue weighted by Crippen LogP contribution is 2.17. The normalized spacial score (nSPS) is 11.4. The molecule has 1 aromatic carbocycles. The number of benzene rings is 1. The summed E-state index contributed by atoms with van der Waals surface area (Å²) < 4.78 is 5.47. The minimum atomic E-state index is 0.352. The second kappa shape index (κ2) is 5.21. The molecule has 0 fully saturated rings. The summed E-state index contributed by atoms with van der Waals surface area (Å²) in [5.41, 5.74) is 1.48. The molecule has 0 unspecified atom stereocenters. The highest BCUT2D eigenvalue weighted by molar-refractivity contribution is 6.46. The summed E-state index contributed by atoms with van der Waals surface area (Å²) in [5.74, 6) is 0. The van der Waals surface area contributed by atoms with Gasteiger partial charge >= 0.3 is 7.48 Å². The SMILES string of the molecule is CC(C)(C)CCO[B]c1ccccc1. The van der Waals surface area contributed by atoms with Crippen LogP contribution in [0.5, 0.6) is 0 Å². The van der Waals surface area contributed by atoms with E-state index in [9.17, 15) is 0 Å². The first kappa shape index (κ1) is 11.3. The van der Waals surface area contributed by atoms with Crippen LogP contribution in [0.3, 0.4) is 0 Å². The Kier molecular flexibility index (Phi) is 4.21. The lowest BCUT2D eigenvalue weighted by Crippen LogP contribution is -2.19. The Labute approximate surface area is 87.8 Å². The molecular weight excluding hydrogens is 171 g/mol. The minimum Gasteiger partial charge on any atom is -0.434 e. The molecule has 0 atom stereocenters. The van der Waals surface area contributed by atoms with E-state index in [0.29, 0.717) is 5.41 Å². The smallest absolute Gasteiger partial charge is 0.329 e. The van der Waals surface area contributed by atoms with Crippen molar-refractivity contribution in [2.75, 3.05) is 6.61 Å². The van der Waals surface area contributed by atoms with Crippen molar-refractivity contribution in [1.82, 2.24) is 0 Å². The lowest BCUT2D eigenvalue weighted by atomic mass is 9.87. The quantitative estimate of drug-likeness (QED) is 0.521. The molecule has 0 bridgehead atoms. The zero-order chi connectivity index (χ0) is 10.4. The first-order chi connectivity index (χ1) is 6.58. The van der Waals surface area contributed by atoms with Crippen LogP contribution in [0.4, 0.5) is 0 Å². The Balaban J connectivity index is 2.17. The second-order valence-corrected chi connectivity index (χ2v) is 4.71. The molecule has 0 amide bonds. The summed E-state index contributed by atoms with van der Waals surface area (Å²) in [6.45, 7) is 7.45. The molecule has 0 aliphatic carbocycles. The molecule has 0 spiro atoms. The zero-order valence-corrected chi connectivity index (χ0v) is 9.29. The van der Waals surface area contributed by atoms with Crippen LogP contribution in [0.15, 0.2) is 30.3 Å². The molecule has 0 aromatic heterocycles. The minimum absolute atomic E-state index is 0.352. The van der Waals surface area contributed by atoms with Crippen molar-refractivity contribution >= 4 is 12.9 Å². The monoisotopic (exact) mass is 189 g/mol. The third kappa shape index (κ3) is 5.08. The van der Waals surface area contributed by atoms with E-state index in [1.165, 1.54) is 0 Å². The van der Waals surface area contributed by atoms with Gasteiger partial charge < -0.3 is 4.65 Å². The van der Waals surface area contributed by atoms with Gasteiger partial charge in [0.05, 0.1) is 0 Å². The first-order valence-corrected chi connectivity index (χ1v) is 5.08. The van der Waals surface area contributed by atoms with Crippen LogP contribution in [0, 0.1) is 5.41 Å². The molecule has 14 heavy (non-hydrogen) atoms. The van der Waals surface area contributed by atoms with Crippen molar-refractivity contribution in [3.63, 3.8) is 0 Å². The molecule has 1 aromatic rings. The molecule has 1 nitrogen and oxygen atoms in total.